The quantitative estimate of drug-likeness (QED) is 0.807. The Morgan fingerprint density at radius 3 is 2.28 bits per heavy atom. The number of piperidine rings is 1. The fraction of sp³-hybridized carbons (Fsp3) is 0.929. The van der Waals surface area contributed by atoms with E-state index in [4.69, 9.17) is 0 Å². The number of nitrogens with one attached hydrogen (secondary N) is 2. The molecule has 1 saturated heterocycles. The molecule has 2 fully saturated rings. The number of amides is 2. The van der Waals surface area contributed by atoms with Crippen LogP contribution in [0.5, 0.6) is 0 Å². The summed E-state index contributed by atoms with van der Waals surface area (Å²) in [6.07, 6.45) is 4.95. The Bertz CT molecular complexity index is 286. The molecule has 2 aliphatic rings. The summed E-state index contributed by atoms with van der Waals surface area (Å²) >= 11 is 0. The Labute approximate surface area is 110 Å². The van der Waals surface area contributed by atoms with Gasteiger partial charge in [0.1, 0.15) is 0 Å². The highest BCUT2D eigenvalue weighted by atomic mass is 16.2. The molecule has 1 heterocycles. The molecule has 0 aromatic carbocycles. The van der Waals surface area contributed by atoms with Crippen LogP contribution in [-0.4, -0.2) is 42.6 Å². The minimum Gasteiger partial charge on any atom is -0.338 e. The van der Waals surface area contributed by atoms with Crippen LogP contribution in [0.3, 0.4) is 0 Å². The van der Waals surface area contributed by atoms with Crippen molar-refractivity contribution in [1.82, 2.24) is 15.5 Å². The fourth-order valence-corrected chi connectivity index (χ4v) is 2.43. The molecule has 0 aromatic heterocycles. The Kier molecular flexibility index (Phi) is 4.15. The highest BCUT2D eigenvalue weighted by molar-refractivity contribution is 5.74. The van der Waals surface area contributed by atoms with Crippen LogP contribution >= 0.6 is 0 Å². The number of hydrogen-bond acceptors (Lipinski definition) is 2. The van der Waals surface area contributed by atoms with Crippen LogP contribution < -0.4 is 10.6 Å². The molecule has 1 aliphatic carbocycles. The van der Waals surface area contributed by atoms with Gasteiger partial charge in [0, 0.05) is 31.7 Å². The maximum absolute atomic E-state index is 11.7. The Balaban J connectivity index is 1.63. The van der Waals surface area contributed by atoms with Crippen molar-refractivity contribution in [3.8, 4) is 0 Å². The van der Waals surface area contributed by atoms with Crippen molar-refractivity contribution in [2.75, 3.05) is 19.6 Å². The van der Waals surface area contributed by atoms with Crippen LogP contribution in [0.1, 0.15) is 46.5 Å². The number of carbonyl (C=O) groups excluding carboxylic acids is 1. The van der Waals surface area contributed by atoms with Gasteiger partial charge in [-0.15, -0.1) is 0 Å². The van der Waals surface area contributed by atoms with Gasteiger partial charge in [0.25, 0.3) is 0 Å². The average Bonchev–Trinajstić information content (AvgIpc) is 3.10. The van der Waals surface area contributed by atoms with E-state index in [1.807, 2.05) is 0 Å². The molecular weight excluding hydrogens is 226 g/mol. The van der Waals surface area contributed by atoms with Crippen LogP contribution in [0.25, 0.3) is 0 Å². The molecule has 0 spiro atoms. The first-order valence-electron chi connectivity index (χ1n) is 7.22. The van der Waals surface area contributed by atoms with Crippen molar-refractivity contribution in [2.45, 2.75) is 58.5 Å². The molecule has 0 radical (unpaired) electrons. The minimum absolute atomic E-state index is 0.00482. The lowest BCUT2D eigenvalue weighted by Crippen LogP contribution is -2.49. The SMILES string of the molecule is CC(C)(C)CNC(=O)NC1CCN(C2CC2)CC1. The van der Waals surface area contributed by atoms with E-state index in [0.29, 0.717) is 6.04 Å². The first-order chi connectivity index (χ1) is 8.44. The van der Waals surface area contributed by atoms with Gasteiger partial charge in [-0.05, 0) is 31.1 Å². The molecule has 0 bridgehead atoms. The van der Waals surface area contributed by atoms with Crippen molar-refractivity contribution < 1.29 is 4.79 Å². The highest BCUT2D eigenvalue weighted by Gasteiger charge is 2.32. The molecule has 104 valence electrons. The van der Waals surface area contributed by atoms with E-state index in [2.05, 4.69) is 36.3 Å². The summed E-state index contributed by atoms with van der Waals surface area (Å²) in [5.74, 6) is 0. The summed E-state index contributed by atoms with van der Waals surface area (Å²) < 4.78 is 0. The third-order valence-corrected chi connectivity index (χ3v) is 3.71. The lowest BCUT2D eigenvalue weighted by atomic mass is 9.97. The predicted molar refractivity (Wildman–Crippen MR) is 73.6 cm³/mol. The molecule has 0 unspecified atom stereocenters. The first-order valence-corrected chi connectivity index (χ1v) is 7.22. The Morgan fingerprint density at radius 1 is 1.17 bits per heavy atom. The van der Waals surface area contributed by atoms with Gasteiger partial charge in [0.2, 0.25) is 0 Å². The molecule has 1 saturated carbocycles. The minimum atomic E-state index is -0.00482. The molecule has 4 heteroatoms. The summed E-state index contributed by atoms with van der Waals surface area (Å²) in [7, 11) is 0. The highest BCUT2D eigenvalue weighted by Crippen LogP contribution is 2.29. The number of urea groups is 1. The Morgan fingerprint density at radius 2 is 1.78 bits per heavy atom. The molecular formula is C14H27N3O. The second-order valence-corrected chi connectivity index (χ2v) is 6.93. The van der Waals surface area contributed by atoms with Crippen LogP contribution in [0.2, 0.25) is 0 Å². The summed E-state index contributed by atoms with van der Waals surface area (Å²) in [5, 5.41) is 6.05. The van der Waals surface area contributed by atoms with Gasteiger partial charge in [-0.3, -0.25) is 0 Å². The van der Waals surface area contributed by atoms with Gasteiger partial charge in [0.05, 0.1) is 0 Å². The summed E-state index contributed by atoms with van der Waals surface area (Å²) in [6.45, 7) is 9.40. The van der Waals surface area contributed by atoms with Crippen molar-refractivity contribution in [3.63, 3.8) is 0 Å². The summed E-state index contributed by atoms with van der Waals surface area (Å²) in [5.41, 5.74) is 0.146. The van der Waals surface area contributed by atoms with E-state index in [1.54, 1.807) is 0 Å². The molecule has 18 heavy (non-hydrogen) atoms. The molecule has 2 N–H and O–H groups in total. The second kappa shape index (κ2) is 5.47. The number of nitrogens with zero attached hydrogens (tertiary/aromatic N) is 1. The van der Waals surface area contributed by atoms with Crippen molar-refractivity contribution in [2.24, 2.45) is 5.41 Å². The van der Waals surface area contributed by atoms with Crippen molar-refractivity contribution >= 4 is 6.03 Å². The molecule has 2 amide bonds. The van der Waals surface area contributed by atoms with Gasteiger partial charge in [-0.2, -0.15) is 0 Å². The zero-order chi connectivity index (χ0) is 13.2. The summed E-state index contributed by atoms with van der Waals surface area (Å²) in [4.78, 5) is 14.3. The number of likely N-dealkylation sites (tertiary alicyclic amines) is 1. The van der Waals surface area contributed by atoms with Crippen LogP contribution in [0.4, 0.5) is 4.79 Å². The van der Waals surface area contributed by atoms with Gasteiger partial charge < -0.3 is 15.5 Å². The Hall–Kier alpha value is -0.770. The fourth-order valence-electron chi connectivity index (χ4n) is 2.43. The number of hydrogen-bond donors (Lipinski definition) is 2. The predicted octanol–water partition coefficient (Wildman–Crippen LogP) is 1.96. The number of rotatable bonds is 3. The zero-order valence-corrected chi connectivity index (χ0v) is 12.0. The maximum atomic E-state index is 11.7. The van der Waals surface area contributed by atoms with E-state index in [-0.39, 0.29) is 11.4 Å². The topological polar surface area (TPSA) is 44.4 Å². The third-order valence-electron chi connectivity index (χ3n) is 3.71. The normalized spacial score (nSPS) is 22.8. The van der Waals surface area contributed by atoms with E-state index in [9.17, 15) is 4.79 Å². The van der Waals surface area contributed by atoms with E-state index >= 15 is 0 Å². The molecule has 4 nitrogen and oxygen atoms in total. The molecule has 0 atom stereocenters. The molecule has 1 aliphatic heterocycles. The van der Waals surface area contributed by atoms with Gasteiger partial charge in [-0.1, -0.05) is 20.8 Å². The van der Waals surface area contributed by atoms with E-state index < -0.39 is 0 Å². The van der Waals surface area contributed by atoms with Crippen molar-refractivity contribution in [3.05, 3.63) is 0 Å². The molecule has 2 rings (SSSR count). The van der Waals surface area contributed by atoms with Gasteiger partial charge in [0.15, 0.2) is 0 Å². The molecule has 0 aromatic rings. The lowest BCUT2D eigenvalue weighted by Gasteiger charge is -2.32. The van der Waals surface area contributed by atoms with Crippen LogP contribution in [0.15, 0.2) is 0 Å². The van der Waals surface area contributed by atoms with Crippen LogP contribution in [-0.2, 0) is 0 Å². The van der Waals surface area contributed by atoms with Crippen LogP contribution in [0, 0.1) is 5.41 Å². The van der Waals surface area contributed by atoms with E-state index in [0.717, 1.165) is 38.5 Å². The van der Waals surface area contributed by atoms with E-state index in [1.165, 1.54) is 12.8 Å². The monoisotopic (exact) mass is 253 g/mol. The average molecular weight is 253 g/mol. The second-order valence-electron chi connectivity index (χ2n) is 6.93. The lowest BCUT2D eigenvalue weighted by molar-refractivity contribution is 0.185. The van der Waals surface area contributed by atoms with Crippen molar-refractivity contribution in [1.29, 1.82) is 0 Å². The summed E-state index contributed by atoms with van der Waals surface area (Å²) in [6, 6.07) is 1.22. The standard InChI is InChI=1S/C14H27N3O/c1-14(2,3)10-15-13(18)16-11-6-8-17(9-7-11)12-4-5-12/h11-12H,4-10H2,1-3H3,(H2,15,16,18). The number of carbonyl (C=O) groups is 1. The largest absolute Gasteiger partial charge is 0.338 e. The third kappa shape index (κ3) is 4.48. The smallest absolute Gasteiger partial charge is 0.315 e. The zero-order valence-electron chi connectivity index (χ0n) is 12.0. The maximum Gasteiger partial charge on any atom is 0.315 e. The van der Waals surface area contributed by atoms with Gasteiger partial charge >= 0.3 is 6.03 Å². The first kappa shape index (κ1) is 13.7. The van der Waals surface area contributed by atoms with Gasteiger partial charge in [-0.25, -0.2) is 4.79 Å².